The summed E-state index contributed by atoms with van der Waals surface area (Å²) in [6.45, 7) is 0.873. The third kappa shape index (κ3) is 21.5. The lowest BCUT2D eigenvalue weighted by Gasteiger charge is -2.07. The lowest BCUT2D eigenvalue weighted by molar-refractivity contribution is -0.649. The van der Waals surface area contributed by atoms with Gasteiger partial charge in [-0.1, -0.05) is 5.04 Å². The molecule has 0 aromatic carbocycles. The van der Waals surface area contributed by atoms with Crippen LogP contribution >= 0.6 is 0 Å². The van der Waals surface area contributed by atoms with E-state index in [-0.39, 0.29) is 53.2 Å². The van der Waals surface area contributed by atoms with Gasteiger partial charge in [0.15, 0.2) is 0 Å². The van der Waals surface area contributed by atoms with Gasteiger partial charge in [0.25, 0.3) is 0 Å². The van der Waals surface area contributed by atoms with E-state index in [1.807, 2.05) is 0 Å². The molecule has 13 nitrogen and oxygen atoms in total. The quantitative estimate of drug-likeness (QED) is 0.122. The van der Waals surface area contributed by atoms with Crippen LogP contribution in [0.2, 0.25) is 0 Å². The minimum atomic E-state index is -0.360. The highest BCUT2D eigenvalue weighted by Crippen LogP contribution is 1.87. The van der Waals surface area contributed by atoms with Crippen molar-refractivity contribution in [1.82, 2.24) is 0 Å². The van der Waals surface area contributed by atoms with E-state index in [1.54, 1.807) is 0 Å². The molecule has 0 radical (unpaired) electrons. The van der Waals surface area contributed by atoms with Crippen LogP contribution in [0.5, 0.6) is 0 Å². The molecule has 0 fully saturated rings. The Morgan fingerprint density at radius 2 is 1.17 bits per heavy atom. The van der Waals surface area contributed by atoms with Crippen molar-refractivity contribution in [3.05, 3.63) is 0 Å². The van der Waals surface area contributed by atoms with Crippen molar-refractivity contribution in [2.24, 2.45) is 0 Å². The standard InChI is InChI=1S/C10H22O13/c11-1-2-18-22-23-20-10-19-16-7-6-15-9-14-4-3-13-5-8-17-21-12/h11-12H,1-10H2. The molecule has 0 aromatic heterocycles. The van der Waals surface area contributed by atoms with E-state index < -0.39 is 0 Å². The maximum absolute atomic E-state index is 8.32. The normalized spacial score (nSPS) is 11.2. The van der Waals surface area contributed by atoms with E-state index in [2.05, 4.69) is 39.6 Å². The average Bonchev–Trinajstić information content (AvgIpc) is 2.57. The zero-order chi connectivity index (χ0) is 16.8. The van der Waals surface area contributed by atoms with Gasteiger partial charge < -0.3 is 19.3 Å². The predicted molar refractivity (Wildman–Crippen MR) is 65.5 cm³/mol. The van der Waals surface area contributed by atoms with E-state index in [9.17, 15) is 0 Å². The van der Waals surface area contributed by atoms with Crippen LogP contribution in [0.15, 0.2) is 0 Å². The van der Waals surface area contributed by atoms with Crippen LogP contribution in [-0.4, -0.2) is 76.8 Å². The van der Waals surface area contributed by atoms with Gasteiger partial charge in [0.1, 0.15) is 26.6 Å². The van der Waals surface area contributed by atoms with E-state index >= 15 is 0 Å². The van der Waals surface area contributed by atoms with E-state index in [1.165, 1.54) is 0 Å². The summed E-state index contributed by atoms with van der Waals surface area (Å²) >= 11 is 0. The third-order valence-corrected chi connectivity index (χ3v) is 1.69. The lowest BCUT2D eigenvalue weighted by atomic mass is 10.7. The molecule has 0 atom stereocenters. The highest BCUT2D eigenvalue weighted by Gasteiger charge is 1.95. The minimum Gasteiger partial charge on any atom is -0.394 e. The Kier molecular flexibility index (Phi) is 21.0. The third-order valence-electron chi connectivity index (χ3n) is 1.69. The fourth-order valence-electron chi connectivity index (χ4n) is 0.863. The first-order valence-corrected chi connectivity index (χ1v) is 6.51. The van der Waals surface area contributed by atoms with E-state index in [0.717, 1.165) is 0 Å². The molecule has 0 aliphatic heterocycles. The zero-order valence-electron chi connectivity index (χ0n) is 12.5. The summed E-state index contributed by atoms with van der Waals surface area (Å²) < 4.78 is 15.2. The molecule has 140 valence electrons. The van der Waals surface area contributed by atoms with Crippen LogP contribution in [0.1, 0.15) is 0 Å². The number of aliphatic hydroxyl groups excluding tert-OH is 1. The molecule has 0 unspecified atom stereocenters. The van der Waals surface area contributed by atoms with Crippen LogP contribution in [0.3, 0.4) is 0 Å². The molecule has 0 rings (SSSR count). The first-order chi connectivity index (χ1) is 11.4. The van der Waals surface area contributed by atoms with Crippen LogP contribution in [0.4, 0.5) is 0 Å². The number of ether oxygens (including phenoxy) is 3. The molecule has 0 aliphatic rings. The van der Waals surface area contributed by atoms with Crippen molar-refractivity contribution >= 4 is 0 Å². The van der Waals surface area contributed by atoms with Gasteiger partial charge in [-0.3, -0.25) is 0 Å². The van der Waals surface area contributed by atoms with Gasteiger partial charge in [0, 0.05) is 0 Å². The predicted octanol–water partition coefficient (Wildman–Crippen LogP) is -0.876. The monoisotopic (exact) mass is 350 g/mol. The Morgan fingerprint density at radius 1 is 0.522 bits per heavy atom. The largest absolute Gasteiger partial charge is 0.394 e. The van der Waals surface area contributed by atoms with Crippen molar-refractivity contribution in [1.29, 1.82) is 0 Å². The second kappa shape index (κ2) is 21.5. The zero-order valence-corrected chi connectivity index (χ0v) is 12.5. The molecular weight excluding hydrogens is 328 g/mol. The summed E-state index contributed by atoms with van der Waals surface area (Å²) in [5, 5.41) is 27.6. The Hall–Kier alpha value is -0.520. The van der Waals surface area contributed by atoms with Gasteiger partial charge in [-0.05, 0) is 10.1 Å². The summed E-state index contributed by atoms with van der Waals surface area (Å²) in [6, 6.07) is 0. The van der Waals surface area contributed by atoms with Gasteiger partial charge in [0.2, 0.25) is 6.79 Å². The Bertz CT molecular complexity index is 187. The maximum Gasteiger partial charge on any atom is 0.217 e. The smallest absolute Gasteiger partial charge is 0.217 e. The minimum absolute atomic E-state index is 0.0562. The van der Waals surface area contributed by atoms with Crippen LogP contribution in [0, 0.1) is 0 Å². The summed E-state index contributed by atoms with van der Waals surface area (Å²) in [7, 11) is 0. The molecule has 0 bridgehead atoms. The Balaban J connectivity index is 2.92. The summed E-state index contributed by atoms with van der Waals surface area (Å²) in [5.41, 5.74) is 0. The van der Waals surface area contributed by atoms with Crippen molar-refractivity contribution < 1.29 is 64.1 Å². The highest BCUT2D eigenvalue weighted by molar-refractivity contribution is 4.29. The Labute approximate surface area is 131 Å². The average molecular weight is 350 g/mol. The lowest BCUT2D eigenvalue weighted by Crippen LogP contribution is -2.12. The van der Waals surface area contributed by atoms with E-state index in [4.69, 9.17) is 24.6 Å². The molecule has 0 spiro atoms. The first kappa shape index (κ1) is 22.5. The number of aliphatic hydroxyl groups is 1. The van der Waals surface area contributed by atoms with Gasteiger partial charge in [0.05, 0.1) is 33.0 Å². The molecule has 0 saturated carbocycles. The van der Waals surface area contributed by atoms with Gasteiger partial charge in [-0.25, -0.2) is 24.8 Å². The molecule has 13 heteroatoms. The van der Waals surface area contributed by atoms with Crippen molar-refractivity contribution in [2.75, 3.05) is 66.4 Å². The molecule has 0 aliphatic carbocycles. The van der Waals surface area contributed by atoms with Gasteiger partial charge in [-0.2, -0.15) is 4.89 Å². The second-order valence-electron chi connectivity index (χ2n) is 3.30. The number of hydrogen-bond donors (Lipinski definition) is 2. The SMILES string of the molecule is OCCOOOOCOOCCOCOCCOCCOOO. The first-order valence-electron chi connectivity index (χ1n) is 6.51. The maximum atomic E-state index is 8.32. The molecular formula is C10H22O13. The number of hydrogen-bond acceptors (Lipinski definition) is 13. The molecule has 0 heterocycles. The molecule has 23 heavy (non-hydrogen) atoms. The fraction of sp³-hybridized carbons (Fsp3) is 1.00. The topological polar surface area (TPSA) is 142 Å². The van der Waals surface area contributed by atoms with Crippen LogP contribution in [0.25, 0.3) is 0 Å². The van der Waals surface area contributed by atoms with Gasteiger partial charge in [-0.15, -0.1) is 0 Å². The fourth-order valence-corrected chi connectivity index (χ4v) is 0.863. The Morgan fingerprint density at radius 3 is 1.96 bits per heavy atom. The summed E-state index contributed by atoms with van der Waals surface area (Å²) in [4.78, 5) is 21.9. The van der Waals surface area contributed by atoms with Crippen LogP contribution in [-0.2, 0) is 53.8 Å². The summed E-state index contributed by atoms with van der Waals surface area (Å²) in [5.74, 6) is 0. The molecule has 0 aromatic rings. The molecule has 0 saturated heterocycles. The van der Waals surface area contributed by atoms with Gasteiger partial charge >= 0.3 is 0 Å². The van der Waals surface area contributed by atoms with E-state index in [0.29, 0.717) is 13.2 Å². The highest BCUT2D eigenvalue weighted by atomic mass is 17.7. The number of rotatable bonds is 20. The van der Waals surface area contributed by atoms with Crippen molar-refractivity contribution in [2.45, 2.75) is 0 Å². The van der Waals surface area contributed by atoms with Crippen LogP contribution < -0.4 is 0 Å². The summed E-state index contributed by atoms with van der Waals surface area (Å²) in [6.07, 6.45) is 0. The molecule has 0 amide bonds. The second-order valence-corrected chi connectivity index (χ2v) is 3.30. The van der Waals surface area contributed by atoms with Crippen molar-refractivity contribution in [3.8, 4) is 0 Å². The van der Waals surface area contributed by atoms with Crippen molar-refractivity contribution in [3.63, 3.8) is 0 Å². The molecule has 2 N–H and O–H groups in total.